The van der Waals surface area contributed by atoms with Crippen LogP contribution in [0, 0.1) is 12.0 Å². The lowest BCUT2D eigenvalue weighted by Gasteiger charge is -2.36. The summed E-state index contributed by atoms with van der Waals surface area (Å²) < 4.78 is 83.1. The molecule has 0 aliphatic carbocycles. The van der Waals surface area contributed by atoms with Gasteiger partial charge < -0.3 is 10.5 Å². The smallest absolute Gasteiger partial charge is 0.416 e. The quantitative estimate of drug-likeness (QED) is 0.530. The van der Waals surface area contributed by atoms with Crippen LogP contribution in [-0.2, 0) is 29.2 Å². The van der Waals surface area contributed by atoms with Crippen molar-refractivity contribution in [2.24, 2.45) is 5.73 Å². The van der Waals surface area contributed by atoms with E-state index in [4.69, 9.17) is 10.5 Å². The molecule has 31 heavy (non-hydrogen) atoms. The predicted octanol–water partition coefficient (Wildman–Crippen LogP) is 4.81. The number of alkyl halides is 6. The van der Waals surface area contributed by atoms with Gasteiger partial charge in [-0.25, -0.2) is 0 Å². The van der Waals surface area contributed by atoms with Gasteiger partial charge in [0.05, 0.1) is 11.1 Å². The Morgan fingerprint density at radius 3 is 2.13 bits per heavy atom. The van der Waals surface area contributed by atoms with Crippen LogP contribution < -0.4 is 11.1 Å². The van der Waals surface area contributed by atoms with Crippen molar-refractivity contribution in [3.05, 3.63) is 70.8 Å². The molecule has 1 aliphatic heterocycles. The minimum atomic E-state index is -4.91. The monoisotopic (exact) mass is 442 g/mol. The van der Waals surface area contributed by atoms with E-state index in [0.29, 0.717) is 31.5 Å². The number of benzene rings is 2. The summed E-state index contributed by atoms with van der Waals surface area (Å²) in [6.07, 6.45) is -6.09. The van der Waals surface area contributed by atoms with Crippen molar-refractivity contribution >= 4 is 0 Å². The molecule has 2 aromatic rings. The molecule has 1 saturated heterocycles. The molecule has 0 amide bonds. The molecule has 0 bridgehead atoms. The van der Waals surface area contributed by atoms with E-state index in [0.717, 1.165) is 5.56 Å². The number of halogens is 6. The minimum absolute atomic E-state index is 0.0366. The van der Waals surface area contributed by atoms with E-state index in [-0.39, 0.29) is 17.7 Å². The first-order chi connectivity index (χ1) is 14.5. The SMILES string of the molecule is N[C@H]1CC[C@@](C#COCc2cc(C(F)(F)F)cc(C(F)(F)F)c2)(c2ccccc2)NC1. The third-order valence-electron chi connectivity index (χ3n) is 5.05. The fourth-order valence-electron chi connectivity index (χ4n) is 3.39. The molecule has 0 radical (unpaired) electrons. The second kappa shape index (κ2) is 8.81. The van der Waals surface area contributed by atoms with Gasteiger partial charge in [0.2, 0.25) is 0 Å². The summed E-state index contributed by atoms with van der Waals surface area (Å²) in [6.45, 7) is -0.0173. The Kier molecular flexibility index (Phi) is 6.53. The number of nitrogens with one attached hydrogen (secondary N) is 1. The van der Waals surface area contributed by atoms with Crippen molar-refractivity contribution < 1.29 is 31.1 Å². The molecular weight excluding hydrogens is 422 g/mol. The van der Waals surface area contributed by atoms with Crippen LogP contribution in [0.25, 0.3) is 0 Å². The predicted molar refractivity (Wildman–Crippen MR) is 102 cm³/mol. The fraction of sp³-hybridized carbons (Fsp3) is 0.364. The maximum atomic E-state index is 13.0. The Bertz CT molecular complexity index is 920. The molecule has 1 aliphatic rings. The van der Waals surface area contributed by atoms with Gasteiger partial charge in [-0.15, -0.1) is 0 Å². The van der Waals surface area contributed by atoms with Gasteiger partial charge in [-0.3, -0.25) is 5.32 Å². The zero-order chi connectivity index (χ0) is 22.7. The van der Waals surface area contributed by atoms with Gasteiger partial charge in [-0.2, -0.15) is 26.3 Å². The van der Waals surface area contributed by atoms with Crippen molar-refractivity contribution in [3.8, 4) is 12.0 Å². The summed E-state index contributed by atoms with van der Waals surface area (Å²) in [7, 11) is 0. The molecule has 2 atom stereocenters. The standard InChI is InChI=1S/C22H20F6N2O/c23-21(24,25)17-10-15(11-18(12-17)22(26,27)28)14-31-9-8-20(7-6-19(29)13-30-20)16-4-2-1-3-5-16/h1-5,10-12,19,30H,6-7,13-14,29H2/t19-,20+/m0/s1. The molecule has 166 valence electrons. The van der Waals surface area contributed by atoms with Crippen LogP contribution in [-0.4, -0.2) is 12.6 Å². The van der Waals surface area contributed by atoms with Gasteiger partial charge in [0, 0.05) is 12.6 Å². The average Bonchev–Trinajstić information content (AvgIpc) is 2.72. The van der Waals surface area contributed by atoms with Crippen LogP contribution in [0.3, 0.4) is 0 Å². The first-order valence-corrected chi connectivity index (χ1v) is 9.48. The third-order valence-corrected chi connectivity index (χ3v) is 5.05. The minimum Gasteiger partial charge on any atom is -0.442 e. The summed E-state index contributed by atoms with van der Waals surface area (Å²) in [4.78, 5) is 0. The highest BCUT2D eigenvalue weighted by atomic mass is 19.4. The van der Waals surface area contributed by atoms with Crippen molar-refractivity contribution in [2.75, 3.05) is 6.54 Å². The van der Waals surface area contributed by atoms with Crippen LogP contribution in [0.5, 0.6) is 0 Å². The molecule has 0 unspecified atom stereocenters. The van der Waals surface area contributed by atoms with Crippen LogP contribution in [0.15, 0.2) is 48.5 Å². The lowest BCUT2D eigenvalue weighted by atomic mass is 9.82. The Morgan fingerprint density at radius 1 is 1.00 bits per heavy atom. The molecule has 2 aromatic carbocycles. The summed E-state index contributed by atoms with van der Waals surface area (Å²) >= 11 is 0. The first kappa shape index (κ1) is 23.0. The molecular formula is C22H20F6N2O. The second-order valence-electron chi connectivity index (χ2n) is 7.38. The number of nitrogens with two attached hydrogens (primary N) is 1. The van der Waals surface area contributed by atoms with E-state index in [9.17, 15) is 26.3 Å². The molecule has 0 aromatic heterocycles. The average molecular weight is 442 g/mol. The van der Waals surface area contributed by atoms with Gasteiger partial charge in [0.15, 0.2) is 0 Å². The number of hydrogen-bond acceptors (Lipinski definition) is 3. The van der Waals surface area contributed by atoms with Gasteiger partial charge >= 0.3 is 12.4 Å². The normalized spacial score (nSPS) is 21.8. The van der Waals surface area contributed by atoms with E-state index in [1.165, 1.54) is 0 Å². The largest absolute Gasteiger partial charge is 0.442 e. The van der Waals surface area contributed by atoms with Crippen molar-refractivity contribution in [1.29, 1.82) is 0 Å². The zero-order valence-corrected chi connectivity index (χ0v) is 16.3. The molecule has 1 heterocycles. The number of hydrogen-bond donors (Lipinski definition) is 2. The van der Waals surface area contributed by atoms with Crippen molar-refractivity contribution in [1.82, 2.24) is 5.32 Å². The van der Waals surface area contributed by atoms with Crippen LogP contribution >= 0.6 is 0 Å². The molecule has 0 saturated carbocycles. The Hall–Kier alpha value is -2.70. The number of piperidine rings is 1. The highest BCUT2D eigenvalue weighted by molar-refractivity contribution is 5.35. The first-order valence-electron chi connectivity index (χ1n) is 9.48. The summed E-state index contributed by atoms with van der Waals surface area (Å²) in [5.41, 5.74) is 2.99. The summed E-state index contributed by atoms with van der Waals surface area (Å²) in [6, 6.07) is 10.6. The summed E-state index contributed by atoms with van der Waals surface area (Å²) in [5.74, 6) is 2.95. The van der Waals surface area contributed by atoms with E-state index >= 15 is 0 Å². The highest BCUT2D eigenvalue weighted by Crippen LogP contribution is 2.36. The molecule has 9 heteroatoms. The van der Waals surface area contributed by atoms with E-state index in [2.05, 4.69) is 17.3 Å². The van der Waals surface area contributed by atoms with E-state index in [1.54, 1.807) is 0 Å². The maximum Gasteiger partial charge on any atom is 0.416 e. The Morgan fingerprint density at radius 2 is 1.61 bits per heavy atom. The number of rotatable bonds is 3. The van der Waals surface area contributed by atoms with Crippen molar-refractivity contribution in [2.45, 2.75) is 43.4 Å². The fourth-order valence-corrected chi connectivity index (χ4v) is 3.39. The van der Waals surface area contributed by atoms with E-state index < -0.39 is 35.6 Å². The molecule has 1 fully saturated rings. The Labute approximate surface area is 175 Å². The van der Waals surface area contributed by atoms with Crippen LogP contribution in [0.2, 0.25) is 0 Å². The zero-order valence-electron chi connectivity index (χ0n) is 16.3. The number of ether oxygens (including phenoxy) is 1. The second-order valence-corrected chi connectivity index (χ2v) is 7.38. The van der Waals surface area contributed by atoms with Crippen LogP contribution in [0.4, 0.5) is 26.3 Å². The van der Waals surface area contributed by atoms with Crippen molar-refractivity contribution in [3.63, 3.8) is 0 Å². The molecule has 3 rings (SSSR count). The molecule has 3 nitrogen and oxygen atoms in total. The summed E-state index contributed by atoms with van der Waals surface area (Å²) in [5, 5.41) is 3.28. The maximum absolute atomic E-state index is 13.0. The molecule has 3 N–H and O–H groups in total. The lowest BCUT2D eigenvalue weighted by molar-refractivity contribution is -0.143. The molecule has 0 spiro atoms. The highest BCUT2D eigenvalue weighted by Gasteiger charge is 2.37. The van der Waals surface area contributed by atoms with Gasteiger partial charge in [0.1, 0.15) is 18.3 Å². The third kappa shape index (κ3) is 5.71. The van der Waals surface area contributed by atoms with Gasteiger partial charge in [0.25, 0.3) is 0 Å². The van der Waals surface area contributed by atoms with E-state index in [1.807, 2.05) is 30.3 Å². The van der Waals surface area contributed by atoms with Crippen LogP contribution in [0.1, 0.15) is 35.1 Å². The van der Waals surface area contributed by atoms with Gasteiger partial charge in [-0.1, -0.05) is 30.3 Å². The Balaban J connectivity index is 1.82. The lowest BCUT2D eigenvalue weighted by Crippen LogP contribution is -2.52. The topological polar surface area (TPSA) is 47.3 Å². The van der Waals surface area contributed by atoms with Gasteiger partial charge in [-0.05, 0) is 48.1 Å².